The van der Waals surface area contributed by atoms with Crippen molar-refractivity contribution < 1.29 is 0 Å². The van der Waals surface area contributed by atoms with Gasteiger partial charge in [-0.2, -0.15) is 0 Å². The molecule has 0 amide bonds. The SMILES string of the molecule is CCC1CCCCC1I. The van der Waals surface area contributed by atoms with E-state index in [0.29, 0.717) is 0 Å². The zero-order valence-corrected chi connectivity index (χ0v) is 8.23. The lowest BCUT2D eigenvalue weighted by Gasteiger charge is -2.25. The summed E-state index contributed by atoms with van der Waals surface area (Å²) in [6.45, 7) is 2.32. The van der Waals surface area contributed by atoms with Gasteiger partial charge in [0.15, 0.2) is 0 Å². The van der Waals surface area contributed by atoms with Gasteiger partial charge in [-0.25, -0.2) is 0 Å². The van der Waals surface area contributed by atoms with Gasteiger partial charge in [0.25, 0.3) is 0 Å². The van der Waals surface area contributed by atoms with Gasteiger partial charge in [-0.1, -0.05) is 48.8 Å². The second-order valence-electron chi connectivity index (χ2n) is 2.97. The highest BCUT2D eigenvalue weighted by molar-refractivity contribution is 14.1. The van der Waals surface area contributed by atoms with Crippen LogP contribution < -0.4 is 0 Å². The zero-order chi connectivity index (χ0) is 6.69. The van der Waals surface area contributed by atoms with Gasteiger partial charge in [-0.05, 0) is 18.8 Å². The molecular formula is C8H15I. The third kappa shape index (κ3) is 2.10. The molecule has 54 valence electrons. The molecule has 0 aromatic rings. The normalized spacial score (nSPS) is 36.7. The third-order valence-electron chi connectivity index (χ3n) is 2.34. The van der Waals surface area contributed by atoms with Gasteiger partial charge < -0.3 is 0 Å². The van der Waals surface area contributed by atoms with E-state index < -0.39 is 0 Å². The highest BCUT2D eigenvalue weighted by atomic mass is 127. The van der Waals surface area contributed by atoms with E-state index in [1.165, 1.54) is 32.1 Å². The molecule has 0 bridgehead atoms. The summed E-state index contributed by atoms with van der Waals surface area (Å²) in [5.74, 6) is 1.04. The zero-order valence-electron chi connectivity index (χ0n) is 6.07. The first-order valence-corrected chi connectivity index (χ1v) is 5.23. The van der Waals surface area contributed by atoms with Gasteiger partial charge in [0.05, 0.1) is 0 Å². The Balaban J connectivity index is 2.30. The maximum absolute atomic E-state index is 2.62. The summed E-state index contributed by atoms with van der Waals surface area (Å²) in [6, 6.07) is 0. The van der Waals surface area contributed by atoms with E-state index in [2.05, 4.69) is 29.5 Å². The van der Waals surface area contributed by atoms with Crippen LogP contribution in [0.15, 0.2) is 0 Å². The van der Waals surface area contributed by atoms with Crippen LogP contribution in [0, 0.1) is 5.92 Å². The van der Waals surface area contributed by atoms with Gasteiger partial charge in [0.1, 0.15) is 0 Å². The maximum Gasteiger partial charge on any atom is 0.0138 e. The molecule has 0 aliphatic heterocycles. The van der Waals surface area contributed by atoms with Crippen LogP contribution in [0.1, 0.15) is 39.0 Å². The van der Waals surface area contributed by atoms with Crippen molar-refractivity contribution in [3.8, 4) is 0 Å². The fourth-order valence-corrected chi connectivity index (χ4v) is 2.93. The number of hydrogen-bond acceptors (Lipinski definition) is 0. The van der Waals surface area contributed by atoms with Gasteiger partial charge in [0, 0.05) is 3.92 Å². The molecule has 9 heavy (non-hydrogen) atoms. The third-order valence-corrected chi connectivity index (χ3v) is 3.98. The molecule has 1 aliphatic carbocycles. The first-order chi connectivity index (χ1) is 4.34. The second kappa shape index (κ2) is 3.79. The van der Waals surface area contributed by atoms with Crippen molar-refractivity contribution in [1.82, 2.24) is 0 Å². The van der Waals surface area contributed by atoms with Crippen LogP contribution >= 0.6 is 22.6 Å². The summed E-state index contributed by atoms with van der Waals surface area (Å²) in [5.41, 5.74) is 0. The standard InChI is InChI=1S/C8H15I/c1-2-7-5-3-4-6-8(7)9/h7-8H,2-6H2,1H3. The number of hydrogen-bond donors (Lipinski definition) is 0. The fraction of sp³-hybridized carbons (Fsp3) is 1.00. The van der Waals surface area contributed by atoms with Crippen molar-refractivity contribution in [3.63, 3.8) is 0 Å². The lowest BCUT2D eigenvalue weighted by atomic mass is 9.88. The Hall–Kier alpha value is 0.730. The molecule has 0 radical (unpaired) electrons. The molecule has 1 saturated carbocycles. The summed E-state index contributed by atoms with van der Waals surface area (Å²) >= 11 is 2.62. The molecule has 2 unspecified atom stereocenters. The Morgan fingerprint density at radius 2 is 2.00 bits per heavy atom. The highest BCUT2D eigenvalue weighted by Gasteiger charge is 2.19. The van der Waals surface area contributed by atoms with E-state index in [9.17, 15) is 0 Å². The summed E-state index contributed by atoms with van der Waals surface area (Å²) in [5, 5.41) is 0. The molecule has 1 aliphatic rings. The number of rotatable bonds is 1. The molecule has 1 rings (SSSR count). The average molecular weight is 238 g/mol. The Morgan fingerprint density at radius 3 is 2.44 bits per heavy atom. The minimum atomic E-state index is 0.987. The quantitative estimate of drug-likeness (QED) is 0.485. The van der Waals surface area contributed by atoms with Crippen LogP contribution in [-0.4, -0.2) is 3.92 Å². The number of alkyl halides is 1. The first kappa shape index (κ1) is 7.83. The van der Waals surface area contributed by atoms with Crippen molar-refractivity contribution in [1.29, 1.82) is 0 Å². The van der Waals surface area contributed by atoms with Crippen molar-refractivity contribution in [2.75, 3.05) is 0 Å². The molecule has 2 atom stereocenters. The molecule has 1 fully saturated rings. The van der Waals surface area contributed by atoms with Gasteiger partial charge in [-0.15, -0.1) is 0 Å². The second-order valence-corrected chi connectivity index (χ2v) is 4.57. The Labute approximate surface area is 71.5 Å². The lowest BCUT2D eigenvalue weighted by molar-refractivity contribution is 0.372. The minimum absolute atomic E-state index is 0.987. The average Bonchev–Trinajstić information content (AvgIpc) is 1.89. The molecule has 0 spiro atoms. The molecule has 0 saturated heterocycles. The van der Waals surface area contributed by atoms with Crippen LogP contribution in [0.5, 0.6) is 0 Å². The molecule has 0 aromatic heterocycles. The predicted octanol–water partition coefficient (Wildman–Crippen LogP) is 3.39. The van der Waals surface area contributed by atoms with Gasteiger partial charge in [-0.3, -0.25) is 0 Å². The largest absolute Gasteiger partial charge is 0.0823 e. The maximum atomic E-state index is 2.62. The molecular weight excluding hydrogens is 223 g/mol. The number of halogens is 1. The smallest absolute Gasteiger partial charge is 0.0138 e. The van der Waals surface area contributed by atoms with E-state index in [0.717, 1.165) is 9.84 Å². The fourth-order valence-electron chi connectivity index (χ4n) is 1.62. The van der Waals surface area contributed by atoms with Crippen molar-refractivity contribution >= 4 is 22.6 Å². The monoisotopic (exact) mass is 238 g/mol. The molecule has 0 heterocycles. The molecule has 1 heteroatoms. The predicted molar refractivity (Wildman–Crippen MR) is 50.1 cm³/mol. The minimum Gasteiger partial charge on any atom is -0.0823 e. The lowest BCUT2D eigenvalue weighted by Crippen LogP contribution is -2.17. The van der Waals surface area contributed by atoms with E-state index >= 15 is 0 Å². The van der Waals surface area contributed by atoms with E-state index in [1.54, 1.807) is 0 Å². The van der Waals surface area contributed by atoms with E-state index in [4.69, 9.17) is 0 Å². The van der Waals surface area contributed by atoms with Crippen LogP contribution in [0.3, 0.4) is 0 Å². The molecule has 0 nitrogen and oxygen atoms in total. The first-order valence-electron chi connectivity index (χ1n) is 3.98. The van der Waals surface area contributed by atoms with Crippen molar-refractivity contribution in [2.45, 2.75) is 43.0 Å². The van der Waals surface area contributed by atoms with Crippen LogP contribution in [0.4, 0.5) is 0 Å². The molecule has 0 aromatic carbocycles. The van der Waals surface area contributed by atoms with Crippen LogP contribution in [0.25, 0.3) is 0 Å². The van der Waals surface area contributed by atoms with Crippen LogP contribution in [0.2, 0.25) is 0 Å². The molecule has 0 N–H and O–H groups in total. The van der Waals surface area contributed by atoms with Crippen LogP contribution in [-0.2, 0) is 0 Å². The van der Waals surface area contributed by atoms with Gasteiger partial charge >= 0.3 is 0 Å². The van der Waals surface area contributed by atoms with Crippen molar-refractivity contribution in [2.24, 2.45) is 5.92 Å². The van der Waals surface area contributed by atoms with E-state index in [-0.39, 0.29) is 0 Å². The Kier molecular flexibility index (Phi) is 3.30. The Morgan fingerprint density at radius 1 is 1.33 bits per heavy atom. The van der Waals surface area contributed by atoms with Crippen molar-refractivity contribution in [3.05, 3.63) is 0 Å². The summed E-state index contributed by atoms with van der Waals surface area (Å²) < 4.78 is 0.987. The Bertz CT molecular complexity index is 80.6. The van der Waals surface area contributed by atoms with Gasteiger partial charge in [0.2, 0.25) is 0 Å². The summed E-state index contributed by atoms with van der Waals surface area (Å²) in [7, 11) is 0. The summed E-state index contributed by atoms with van der Waals surface area (Å²) in [4.78, 5) is 0. The summed E-state index contributed by atoms with van der Waals surface area (Å²) in [6.07, 6.45) is 7.32. The van der Waals surface area contributed by atoms with E-state index in [1.807, 2.05) is 0 Å². The topological polar surface area (TPSA) is 0 Å². The highest BCUT2D eigenvalue weighted by Crippen LogP contribution is 2.31.